The van der Waals surface area contributed by atoms with Gasteiger partial charge in [0.2, 0.25) is 0 Å². The van der Waals surface area contributed by atoms with Crippen molar-refractivity contribution in [1.82, 2.24) is 0 Å². The van der Waals surface area contributed by atoms with Gasteiger partial charge in [0.25, 0.3) is 0 Å². The van der Waals surface area contributed by atoms with Gasteiger partial charge in [-0.15, -0.1) is 0 Å². The standard InChI is InChI=1S/C10H23Si/c1-2-3-4-5-6-7-8-9-10-11/h2-11H2,1H3. The molecule has 0 saturated heterocycles. The van der Waals surface area contributed by atoms with Crippen LogP contribution in [-0.2, 0) is 0 Å². The molecule has 0 aromatic rings. The maximum absolute atomic E-state index is 2.28. The Balaban J connectivity index is 2.69. The van der Waals surface area contributed by atoms with E-state index in [1.165, 1.54) is 57.4 Å². The van der Waals surface area contributed by atoms with Gasteiger partial charge in [-0.1, -0.05) is 64.3 Å². The van der Waals surface area contributed by atoms with Gasteiger partial charge in [-0.25, -0.2) is 0 Å². The summed E-state index contributed by atoms with van der Waals surface area (Å²) in [5.74, 6) is 0. The molecule has 0 nitrogen and oxygen atoms in total. The van der Waals surface area contributed by atoms with Gasteiger partial charge in [-0.05, 0) is 0 Å². The van der Waals surface area contributed by atoms with E-state index in [0.29, 0.717) is 0 Å². The maximum Gasteiger partial charge on any atom is 0.00797 e. The van der Waals surface area contributed by atoms with E-state index in [4.69, 9.17) is 0 Å². The van der Waals surface area contributed by atoms with Crippen LogP contribution in [0, 0.1) is 0 Å². The van der Waals surface area contributed by atoms with Crippen LogP contribution < -0.4 is 0 Å². The van der Waals surface area contributed by atoms with Crippen molar-refractivity contribution in [3.63, 3.8) is 0 Å². The van der Waals surface area contributed by atoms with Crippen LogP contribution in [-0.4, -0.2) is 10.2 Å². The van der Waals surface area contributed by atoms with E-state index in [1.54, 1.807) is 0 Å². The van der Waals surface area contributed by atoms with Crippen molar-refractivity contribution in [3.05, 3.63) is 0 Å². The van der Waals surface area contributed by atoms with Crippen molar-refractivity contribution in [1.29, 1.82) is 0 Å². The smallest absolute Gasteiger partial charge is 0.00797 e. The fraction of sp³-hybridized carbons (Fsp3) is 1.00. The lowest BCUT2D eigenvalue weighted by Gasteiger charge is -1.98. The van der Waals surface area contributed by atoms with Crippen LogP contribution in [0.1, 0.15) is 58.3 Å². The second kappa shape index (κ2) is 10.2. The third kappa shape index (κ3) is 10.2. The largest absolute Gasteiger partial charge is 0.0654 e. The molecule has 0 N–H and O–H groups in total. The molecule has 11 heavy (non-hydrogen) atoms. The molecule has 0 amide bonds. The second-order valence-electron chi connectivity index (χ2n) is 3.33. The third-order valence-corrected chi connectivity index (χ3v) is 2.60. The Labute approximate surface area is 75.2 Å². The minimum atomic E-state index is 1.37. The van der Waals surface area contributed by atoms with E-state index in [2.05, 4.69) is 17.2 Å². The highest BCUT2D eigenvalue weighted by Gasteiger charge is 1.88. The highest BCUT2D eigenvalue weighted by Crippen LogP contribution is 2.08. The summed E-state index contributed by atoms with van der Waals surface area (Å²) in [6.07, 6.45) is 11.6. The van der Waals surface area contributed by atoms with Crippen LogP contribution in [0.4, 0.5) is 0 Å². The highest BCUT2D eigenvalue weighted by atomic mass is 28.1. The Morgan fingerprint density at radius 2 is 1.18 bits per heavy atom. The summed E-state index contributed by atoms with van der Waals surface area (Å²) < 4.78 is 0. The molecule has 0 aromatic carbocycles. The van der Waals surface area contributed by atoms with Crippen LogP contribution in [0.15, 0.2) is 0 Å². The fourth-order valence-electron chi connectivity index (χ4n) is 1.31. The SMILES string of the molecule is CCCCCCCCCC[SiH2]. The van der Waals surface area contributed by atoms with E-state index >= 15 is 0 Å². The maximum atomic E-state index is 2.28. The average molecular weight is 171 g/mol. The molecule has 0 aliphatic rings. The molecule has 0 atom stereocenters. The Morgan fingerprint density at radius 1 is 0.727 bits per heavy atom. The lowest BCUT2D eigenvalue weighted by molar-refractivity contribution is 0.585. The number of rotatable bonds is 8. The average Bonchev–Trinajstić information content (AvgIpc) is 2.03. The lowest BCUT2D eigenvalue weighted by Crippen LogP contribution is -1.79. The molecule has 67 valence electrons. The van der Waals surface area contributed by atoms with Crippen molar-refractivity contribution < 1.29 is 0 Å². The zero-order valence-corrected chi connectivity index (χ0v) is 9.49. The molecule has 1 heteroatoms. The Hall–Kier alpha value is 0.217. The van der Waals surface area contributed by atoms with Crippen molar-refractivity contribution in [2.24, 2.45) is 0 Å². The van der Waals surface area contributed by atoms with Gasteiger partial charge in [-0.2, -0.15) is 0 Å². The molecule has 0 saturated carbocycles. The quantitative estimate of drug-likeness (QED) is 0.389. The zero-order chi connectivity index (χ0) is 8.36. The first-order valence-electron chi connectivity index (χ1n) is 5.21. The summed E-state index contributed by atoms with van der Waals surface area (Å²) in [7, 11) is 2.10. The van der Waals surface area contributed by atoms with Crippen molar-refractivity contribution in [2.45, 2.75) is 64.3 Å². The summed E-state index contributed by atoms with van der Waals surface area (Å²) >= 11 is 0. The van der Waals surface area contributed by atoms with Gasteiger partial charge in [0.05, 0.1) is 0 Å². The topological polar surface area (TPSA) is 0 Å². The lowest BCUT2D eigenvalue weighted by atomic mass is 10.1. The zero-order valence-electron chi connectivity index (χ0n) is 8.07. The van der Waals surface area contributed by atoms with Gasteiger partial charge in [0.1, 0.15) is 0 Å². The molecule has 0 aliphatic heterocycles. The molecule has 0 unspecified atom stereocenters. The first-order chi connectivity index (χ1) is 5.41. The predicted octanol–water partition coefficient (Wildman–Crippen LogP) is 3.18. The fourth-order valence-corrected chi connectivity index (χ4v) is 1.66. The highest BCUT2D eigenvalue weighted by molar-refractivity contribution is 6.08. The summed E-state index contributed by atoms with van der Waals surface area (Å²) in [6, 6.07) is 1.40. The summed E-state index contributed by atoms with van der Waals surface area (Å²) in [6.45, 7) is 2.28. The Kier molecular flexibility index (Phi) is 10.4. The number of hydrogen-bond donors (Lipinski definition) is 0. The van der Waals surface area contributed by atoms with E-state index in [1.807, 2.05) is 0 Å². The molecule has 0 bridgehead atoms. The van der Waals surface area contributed by atoms with Crippen LogP contribution in [0.3, 0.4) is 0 Å². The van der Waals surface area contributed by atoms with Gasteiger partial charge in [0.15, 0.2) is 0 Å². The van der Waals surface area contributed by atoms with Gasteiger partial charge in [-0.3, -0.25) is 0 Å². The molecular formula is C10H23Si. The van der Waals surface area contributed by atoms with Crippen LogP contribution in [0.25, 0.3) is 0 Å². The van der Waals surface area contributed by atoms with Crippen molar-refractivity contribution in [3.8, 4) is 0 Å². The van der Waals surface area contributed by atoms with Crippen molar-refractivity contribution in [2.75, 3.05) is 0 Å². The van der Waals surface area contributed by atoms with Gasteiger partial charge >= 0.3 is 0 Å². The number of hydrogen-bond acceptors (Lipinski definition) is 0. The normalized spacial score (nSPS) is 10.4. The van der Waals surface area contributed by atoms with E-state index < -0.39 is 0 Å². The van der Waals surface area contributed by atoms with Crippen molar-refractivity contribution >= 4 is 10.2 Å². The van der Waals surface area contributed by atoms with Crippen LogP contribution in [0.2, 0.25) is 6.04 Å². The third-order valence-electron chi connectivity index (χ3n) is 2.10. The minimum Gasteiger partial charge on any atom is -0.0654 e. The minimum absolute atomic E-state index is 1.37. The number of unbranched alkanes of at least 4 members (excludes halogenated alkanes) is 7. The molecular weight excluding hydrogens is 148 g/mol. The van der Waals surface area contributed by atoms with Gasteiger partial charge < -0.3 is 0 Å². The molecule has 0 fully saturated rings. The second-order valence-corrected chi connectivity index (χ2v) is 4.04. The predicted molar refractivity (Wildman–Crippen MR) is 56.0 cm³/mol. The van der Waals surface area contributed by atoms with Crippen LogP contribution >= 0.6 is 0 Å². The first kappa shape index (κ1) is 11.2. The molecule has 1 radical (unpaired) electrons. The first-order valence-corrected chi connectivity index (χ1v) is 6.21. The Bertz CT molecular complexity index is 53.9. The summed E-state index contributed by atoms with van der Waals surface area (Å²) in [5, 5.41) is 0. The monoisotopic (exact) mass is 171 g/mol. The molecule has 0 rings (SSSR count). The summed E-state index contributed by atoms with van der Waals surface area (Å²) in [5.41, 5.74) is 0. The molecule has 0 spiro atoms. The van der Waals surface area contributed by atoms with E-state index in [9.17, 15) is 0 Å². The molecule has 0 aromatic heterocycles. The van der Waals surface area contributed by atoms with E-state index in [0.717, 1.165) is 0 Å². The molecule has 0 heterocycles. The van der Waals surface area contributed by atoms with E-state index in [-0.39, 0.29) is 0 Å². The molecule has 0 aliphatic carbocycles. The Morgan fingerprint density at radius 3 is 1.64 bits per heavy atom. The summed E-state index contributed by atoms with van der Waals surface area (Å²) in [4.78, 5) is 0. The van der Waals surface area contributed by atoms with Crippen LogP contribution in [0.5, 0.6) is 0 Å². The van der Waals surface area contributed by atoms with Gasteiger partial charge in [0, 0.05) is 10.2 Å².